The number of aromatic nitrogens is 1. The summed E-state index contributed by atoms with van der Waals surface area (Å²) in [5, 5.41) is 3.98. The fraction of sp³-hybridized carbons (Fsp3) is 0.688. The van der Waals surface area contributed by atoms with Gasteiger partial charge in [-0.15, -0.1) is 0 Å². The molecule has 0 aliphatic heterocycles. The van der Waals surface area contributed by atoms with Gasteiger partial charge in [0.25, 0.3) is 0 Å². The first kappa shape index (κ1) is 21.8. The van der Waals surface area contributed by atoms with Gasteiger partial charge in [-0.2, -0.15) is 0 Å². The molecule has 1 aromatic rings. The summed E-state index contributed by atoms with van der Waals surface area (Å²) in [6.07, 6.45) is 3.79. The van der Waals surface area contributed by atoms with Crippen LogP contribution in [0.2, 0.25) is 5.02 Å². The van der Waals surface area contributed by atoms with Crippen molar-refractivity contribution in [3.05, 3.63) is 23.0 Å². The highest BCUT2D eigenvalue weighted by molar-refractivity contribution is 7.88. The third-order valence-corrected chi connectivity index (χ3v) is 5.40. The maximum Gasteiger partial charge on any atom is 0.211 e. The molecular formula is C16H30ClN5O2S. The lowest BCUT2D eigenvalue weighted by Crippen LogP contribution is -2.39. The molecule has 0 aliphatic rings. The third-order valence-electron chi connectivity index (χ3n) is 3.82. The highest BCUT2D eigenvalue weighted by atomic mass is 35.5. The summed E-state index contributed by atoms with van der Waals surface area (Å²) >= 11 is 6.03. The zero-order valence-corrected chi connectivity index (χ0v) is 17.4. The summed E-state index contributed by atoms with van der Waals surface area (Å²) in [4.78, 5) is 6.63. The molecule has 9 heteroatoms. The Bertz CT molecular complexity index is 672. The van der Waals surface area contributed by atoms with Gasteiger partial charge in [-0.05, 0) is 19.4 Å². The first-order chi connectivity index (χ1) is 11.7. The number of halogens is 1. The maximum absolute atomic E-state index is 11.6. The fourth-order valence-corrected chi connectivity index (χ4v) is 3.70. The highest BCUT2D eigenvalue weighted by Gasteiger charge is 2.13. The number of hydrogen-bond acceptors (Lipinski definition) is 3. The molecule has 0 radical (unpaired) electrons. The number of sulfonamides is 1. The van der Waals surface area contributed by atoms with Crippen LogP contribution >= 0.6 is 11.6 Å². The Balaban J connectivity index is 2.65. The van der Waals surface area contributed by atoms with Gasteiger partial charge in [0.1, 0.15) is 0 Å². The van der Waals surface area contributed by atoms with Crippen molar-refractivity contribution >= 4 is 27.6 Å². The number of rotatable bonds is 9. The average molecular weight is 392 g/mol. The summed E-state index contributed by atoms with van der Waals surface area (Å²) < 4.78 is 26.6. The van der Waals surface area contributed by atoms with Crippen LogP contribution in [0.5, 0.6) is 0 Å². The van der Waals surface area contributed by atoms with Crippen LogP contribution < -0.4 is 5.32 Å². The highest BCUT2D eigenvalue weighted by Crippen LogP contribution is 2.14. The van der Waals surface area contributed by atoms with Gasteiger partial charge in [-0.25, -0.2) is 12.7 Å². The van der Waals surface area contributed by atoms with Gasteiger partial charge in [-0.3, -0.25) is 4.99 Å². The molecule has 0 unspecified atom stereocenters. The number of aryl methyl sites for hydroxylation is 1. The molecule has 0 bridgehead atoms. The van der Waals surface area contributed by atoms with Gasteiger partial charge in [-0.1, -0.05) is 18.5 Å². The summed E-state index contributed by atoms with van der Waals surface area (Å²) in [5.41, 5.74) is 1.09. The van der Waals surface area contributed by atoms with Crippen LogP contribution in [0.25, 0.3) is 0 Å². The SMILES string of the molecule is CCNC(=NCCCN(CC)S(C)(=O)=O)N(C)Cc1cc(Cl)cn1C. The summed E-state index contributed by atoms with van der Waals surface area (Å²) in [5.74, 6) is 0.794. The van der Waals surface area contributed by atoms with E-state index in [1.54, 1.807) is 0 Å². The quantitative estimate of drug-likeness (QED) is 0.395. The van der Waals surface area contributed by atoms with Gasteiger partial charge in [0.15, 0.2) is 5.96 Å². The first-order valence-electron chi connectivity index (χ1n) is 8.44. The van der Waals surface area contributed by atoms with E-state index < -0.39 is 10.0 Å². The van der Waals surface area contributed by atoms with Crippen LogP contribution in [0.1, 0.15) is 26.0 Å². The van der Waals surface area contributed by atoms with Gasteiger partial charge >= 0.3 is 0 Å². The number of nitrogens with one attached hydrogen (secondary N) is 1. The molecule has 0 atom stereocenters. The lowest BCUT2D eigenvalue weighted by atomic mass is 10.4. The van der Waals surface area contributed by atoms with Gasteiger partial charge in [0, 0.05) is 52.2 Å². The zero-order valence-electron chi connectivity index (χ0n) is 15.8. The molecule has 0 saturated heterocycles. The zero-order chi connectivity index (χ0) is 19.0. The molecule has 1 rings (SSSR count). The second-order valence-electron chi connectivity index (χ2n) is 5.96. The summed E-state index contributed by atoms with van der Waals surface area (Å²) in [6, 6.07) is 1.94. The number of hydrogen-bond donors (Lipinski definition) is 1. The van der Waals surface area contributed by atoms with E-state index in [0.717, 1.165) is 18.2 Å². The molecule has 25 heavy (non-hydrogen) atoms. The van der Waals surface area contributed by atoms with Crippen molar-refractivity contribution in [3.63, 3.8) is 0 Å². The molecule has 0 saturated carbocycles. The fourth-order valence-electron chi connectivity index (χ4n) is 2.50. The van der Waals surface area contributed by atoms with Gasteiger partial charge in [0.05, 0.1) is 17.8 Å². The number of nitrogens with zero attached hydrogens (tertiary/aromatic N) is 4. The Hall–Kier alpha value is -1.25. The average Bonchev–Trinajstić information content (AvgIpc) is 2.82. The Morgan fingerprint density at radius 3 is 2.56 bits per heavy atom. The largest absolute Gasteiger partial charge is 0.357 e. The molecule has 0 spiro atoms. The molecule has 1 aromatic heterocycles. The topological polar surface area (TPSA) is 69.9 Å². The van der Waals surface area contributed by atoms with Crippen molar-refractivity contribution in [2.24, 2.45) is 12.0 Å². The van der Waals surface area contributed by atoms with Gasteiger partial charge < -0.3 is 14.8 Å². The standard InChI is InChI=1S/C16H30ClN5O2S/c1-6-18-16(19-9-8-10-22(7-2)25(5,23)24)21(4)13-15-11-14(17)12-20(15)3/h11-12H,6-10,13H2,1-5H3,(H,18,19). The van der Waals surface area contributed by atoms with E-state index in [1.807, 2.05) is 49.7 Å². The predicted octanol–water partition coefficient (Wildman–Crippen LogP) is 1.75. The van der Waals surface area contributed by atoms with Gasteiger partial charge in [0.2, 0.25) is 10.0 Å². The normalized spacial score (nSPS) is 12.7. The molecule has 1 N–H and O–H groups in total. The number of aliphatic imine (C=N–C) groups is 1. The molecule has 0 fully saturated rings. The van der Waals surface area contributed by atoms with Crippen molar-refractivity contribution in [2.45, 2.75) is 26.8 Å². The van der Waals surface area contributed by atoms with Crippen molar-refractivity contribution in [3.8, 4) is 0 Å². The molecule has 0 aliphatic carbocycles. The monoisotopic (exact) mass is 391 g/mol. The van der Waals surface area contributed by atoms with E-state index in [4.69, 9.17) is 11.6 Å². The van der Waals surface area contributed by atoms with E-state index in [-0.39, 0.29) is 0 Å². The smallest absolute Gasteiger partial charge is 0.211 e. The van der Waals surface area contributed by atoms with Crippen molar-refractivity contribution < 1.29 is 8.42 Å². The Kier molecular flexibility index (Phi) is 8.75. The van der Waals surface area contributed by atoms with Crippen LogP contribution in [0.4, 0.5) is 0 Å². The lowest BCUT2D eigenvalue weighted by molar-refractivity contribution is 0.424. The van der Waals surface area contributed by atoms with Crippen LogP contribution in [-0.2, 0) is 23.6 Å². The molecule has 0 aromatic carbocycles. The molecular weight excluding hydrogens is 362 g/mol. The Morgan fingerprint density at radius 2 is 2.08 bits per heavy atom. The first-order valence-corrected chi connectivity index (χ1v) is 10.7. The summed E-state index contributed by atoms with van der Waals surface area (Å²) in [7, 11) is 0.790. The molecule has 144 valence electrons. The minimum atomic E-state index is -3.14. The maximum atomic E-state index is 11.6. The molecule has 0 amide bonds. The van der Waals surface area contributed by atoms with E-state index in [2.05, 4.69) is 10.3 Å². The third kappa shape index (κ3) is 7.25. The second kappa shape index (κ2) is 10.0. The van der Waals surface area contributed by atoms with E-state index in [9.17, 15) is 8.42 Å². The second-order valence-corrected chi connectivity index (χ2v) is 8.38. The van der Waals surface area contributed by atoms with Crippen LogP contribution in [-0.4, -0.2) is 67.6 Å². The van der Waals surface area contributed by atoms with Crippen LogP contribution in [0, 0.1) is 0 Å². The van der Waals surface area contributed by atoms with Crippen LogP contribution in [0.3, 0.4) is 0 Å². The minimum Gasteiger partial charge on any atom is -0.357 e. The lowest BCUT2D eigenvalue weighted by Gasteiger charge is -2.22. The molecule has 1 heterocycles. The summed E-state index contributed by atoms with van der Waals surface area (Å²) in [6.45, 7) is 6.83. The molecule has 7 nitrogen and oxygen atoms in total. The van der Waals surface area contributed by atoms with Crippen molar-refractivity contribution in [1.82, 2.24) is 19.1 Å². The Labute approximate surface area is 156 Å². The van der Waals surface area contributed by atoms with Crippen molar-refractivity contribution in [2.75, 3.05) is 39.5 Å². The van der Waals surface area contributed by atoms with E-state index in [0.29, 0.717) is 37.6 Å². The van der Waals surface area contributed by atoms with E-state index in [1.165, 1.54) is 10.6 Å². The van der Waals surface area contributed by atoms with Crippen molar-refractivity contribution in [1.29, 1.82) is 0 Å². The van der Waals surface area contributed by atoms with Crippen LogP contribution in [0.15, 0.2) is 17.3 Å². The predicted molar refractivity (Wildman–Crippen MR) is 105 cm³/mol. The Morgan fingerprint density at radius 1 is 1.40 bits per heavy atom. The number of guanidine groups is 1. The minimum absolute atomic E-state index is 0.482. The van der Waals surface area contributed by atoms with E-state index >= 15 is 0 Å².